The van der Waals surface area contributed by atoms with Crippen molar-refractivity contribution in [3.05, 3.63) is 61.2 Å². The average Bonchev–Trinajstić information content (AvgIpc) is 3.59. The van der Waals surface area contributed by atoms with Crippen molar-refractivity contribution in [2.24, 2.45) is 17.3 Å². The van der Waals surface area contributed by atoms with Gasteiger partial charge in [0, 0.05) is 29.9 Å². The molecule has 10 nitrogen and oxygen atoms in total. The second kappa shape index (κ2) is 14.6. The topological polar surface area (TPSA) is 125 Å². The van der Waals surface area contributed by atoms with Crippen LogP contribution in [0.3, 0.4) is 0 Å². The van der Waals surface area contributed by atoms with Crippen molar-refractivity contribution in [2.75, 3.05) is 26.3 Å². The van der Waals surface area contributed by atoms with E-state index in [-0.39, 0.29) is 48.9 Å². The van der Waals surface area contributed by atoms with Gasteiger partial charge < -0.3 is 29.7 Å². The highest BCUT2D eigenvalue weighted by molar-refractivity contribution is 9.09. The molecule has 1 aromatic carbocycles. The van der Waals surface area contributed by atoms with Crippen molar-refractivity contribution in [2.45, 2.75) is 94.5 Å². The lowest BCUT2D eigenvalue weighted by Gasteiger charge is -2.45. The molecule has 3 heterocycles. The summed E-state index contributed by atoms with van der Waals surface area (Å²) < 4.78 is 12.2. The zero-order valence-corrected chi connectivity index (χ0v) is 29.8. The summed E-state index contributed by atoms with van der Waals surface area (Å²) in [4.78, 5) is 58.5. The number of aliphatic hydroxyl groups excluding tert-OH is 1. The van der Waals surface area contributed by atoms with Crippen molar-refractivity contribution >= 4 is 39.6 Å². The van der Waals surface area contributed by atoms with Crippen molar-refractivity contribution in [1.29, 1.82) is 0 Å². The Morgan fingerprint density at radius 3 is 2.47 bits per heavy atom. The zero-order chi connectivity index (χ0) is 34.7. The van der Waals surface area contributed by atoms with E-state index in [1.54, 1.807) is 17.1 Å². The maximum atomic E-state index is 14.7. The maximum Gasteiger partial charge on any atom is 0.306 e. The Kier molecular flexibility index (Phi) is 11.4. The molecule has 0 aromatic heterocycles. The molecule has 0 saturated carbocycles. The summed E-state index contributed by atoms with van der Waals surface area (Å²) in [6.07, 6.45) is 4.33. The number of aliphatic hydroxyl groups is 1. The molecule has 47 heavy (non-hydrogen) atoms. The van der Waals surface area contributed by atoms with Gasteiger partial charge in [-0.1, -0.05) is 79.2 Å². The van der Waals surface area contributed by atoms with Gasteiger partial charge in [-0.3, -0.25) is 19.2 Å². The maximum absolute atomic E-state index is 14.7. The van der Waals surface area contributed by atoms with E-state index in [1.165, 1.54) is 4.90 Å². The van der Waals surface area contributed by atoms with Gasteiger partial charge in [0.05, 0.1) is 30.6 Å². The van der Waals surface area contributed by atoms with Crippen LogP contribution in [0.1, 0.15) is 71.9 Å². The molecule has 2 bridgehead atoms. The molecule has 0 aliphatic carbocycles. The summed E-state index contributed by atoms with van der Waals surface area (Å²) in [6.45, 7) is 17.6. The predicted octanol–water partition coefficient (Wildman–Crippen LogP) is 4.32. The number of rotatable bonds is 15. The fourth-order valence-corrected chi connectivity index (χ4v) is 8.95. The Bertz CT molecular complexity index is 1350. The summed E-state index contributed by atoms with van der Waals surface area (Å²) in [5.41, 5.74) is -1.23. The number of β-amino-alcohol motifs (C(OH)–C–C–N with tert-alkyl or cyclic N) is 1. The first-order chi connectivity index (χ1) is 22.1. The molecule has 0 radical (unpaired) electrons. The molecule has 1 aromatic rings. The Labute approximate surface area is 287 Å². The van der Waals surface area contributed by atoms with Crippen LogP contribution in [0.4, 0.5) is 0 Å². The Balaban J connectivity index is 1.68. The number of allylic oxidation sites excluding steroid dienone is 1. The second-order valence-corrected chi connectivity index (χ2v) is 15.9. The van der Waals surface area contributed by atoms with Crippen molar-refractivity contribution < 1.29 is 33.8 Å². The fraction of sp³-hybridized carbons (Fsp3) is 0.611. The summed E-state index contributed by atoms with van der Waals surface area (Å²) in [5.74, 6) is -3.38. The molecular formula is C36H50BrN3O7. The average molecular weight is 717 g/mol. The summed E-state index contributed by atoms with van der Waals surface area (Å²) in [5, 5.41) is 13.1. The Hall–Kier alpha value is -3.02. The number of carbonyl (C=O) groups excluding carboxylic acids is 4. The molecule has 3 fully saturated rings. The van der Waals surface area contributed by atoms with E-state index >= 15 is 0 Å². The molecule has 258 valence electrons. The number of likely N-dealkylation sites (tertiary alicyclic amines) is 1. The standard InChI is InChI=1S/C36H50BrN3O7/c1-8-10-16-26(42)46-21-25(23-14-12-11-13-15-23)38-31(43)27-28-32(44)39(18-19-41)30(36(28)20-24(37)29(27)47-36)33(45)40(17-9-2)35(6,7)22-34(3,4)5/h8-9,11-15,24-25,27-30,41H,1-2,10,16-22H2,3-7H3,(H,38,43)/t24?,25-,27+,28-,29+,30+,36-/m1/s1. The van der Waals surface area contributed by atoms with Gasteiger partial charge in [-0.15, -0.1) is 13.2 Å². The minimum atomic E-state index is -1.28. The van der Waals surface area contributed by atoms with Crippen LogP contribution in [0.5, 0.6) is 0 Å². The number of fused-ring (bicyclic) bond motifs is 1. The summed E-state index contributed by atoms with van der Waals surface area (Å²) in [7, 11) is 0. The number of benzene rings is 1. The van der Waals surface area contributed by atoms with E-state index in [9.17, 15) is 24.3 Å². The predicted molar refractivity (Wildman–Crippen MR) is 182 cm³/mol. The van der Waals surface area contributed by atoms with Crippen LogP contribution in [0.2, 0.25) is 0 Å². The third kappa shape index (κ3) is 7.52. The van der Waals surface area contributed by atoms with E-state index in [0.29, 0.717) is 19.3 Å². The van der Waals surface area contributed by atoms with Gasteiger partial charge in [-0.05, 0) is 44.1 Å². The SMILES string of the molecule is C=CCCC(=O)OC[C@@H](NC(=O)[C@@H]1[C@H]2O[C@@]3(CC2Br)[C@H](C(=O)N(CC=C)C(C)(C)CC(C)(C)C)N(CCO)C(=O)[C@@H]13)c1ccccc1. The van der Waals surface area contributed by atoms with Crippen molar-refractivity contribution in [3.63, 3.8) is 0 Å². The Morgan fingerprint density at radius 2 is 1.87 bits per heavy atom. The van der Waals surface area contributed by atoms with E-state index in [1.807, 2.05) is 44.2 Å². The van der Waals surface area contributed by atoms with Crippen LogP contribution in [0.25, 0.3) is 0 Å². The van der Waals surface area contributed by atoms with Crippen LogP contribution >= 0.6 is 15.9 Å². The molecule has 2 N–H and O–H groups in total. The van der Waals surface area contributed by atoms with Crippen molar-refractivity contribution in [1.82, 2.24) is 15.1 Å². The number of nitrogens with one attached hydrogen (secondary N) is 1. The van der Waals surface area contributed by atoms with Gasteiger partial charge in [0.25, 0.3) is 0 Å². The molecule has 7 atom stereocenters. The zero-order valence-electron chi connectivity index (χ0n) is 28.2. The first-order valence-electron chi connectivity index (χ1n) is 16.4. The molecular weight excluding hydrogens is 666 g/mol. The van der Waals surface area contributed by atoms with Gasteiger partial charge in [-0.25, -0.2) is 0 Å². The van der Waals surface area contributed by atoms with Crippen molar-refractivity contribution in [3.8, 4) is 0 Å². The third-order valence-corrected chi connectivity index (χ3v) is 10.3. The van der Waals surface area contributed by atoms with E-state index < -0.39 is 58.9 Å². The smallest absolute Gasteiger partial charge is 0.306 e. The number of ether oxygens (including phenoxy) is 2. The molecule has 1 spiro atoms. The highest BCUT2D eigenvalue weighted by Crippen LogP contribution is 2.60. The molecule has 1 unspecified atom stereocenters. The summed E-state index contributed by atoms with van der Waals surface area (Å²) in [6, 6.07) is 7.47. The van der Waals surface area contributed by atoms with Crippen LogP contribution in [-0.4, -0.2) is 93.0 Å². The minimum Gasteiger partial charge on any atom is -0.463 e. The largest absolute Gasteiger partial charge is 0.463 e. The number of halogens is 1. The molecule has 4 rings (SSSR count). The number of hydrogen-bond donors (Lipinski definition) is 2. The fourth-order valence-electron chi connectivity index (χ4n) is 8.01. The first-order valence-corrected chi connectivity index (χ1v) is 17.3. The summed E-state index contributed by atoms with van der Waals surface area (Å²) >= 11 is 3.72. The third-order valence-electron chi connectivity index (χ3n) is 9.42. The van der Waals surface area contributed by atoms with Crippen LogP contribution in [0, 0.1) is 17.3 Å². The lowest BCUT2D eigenvalue weighted by atomic mass is 9.70. The first kappa shape index (κ1) is 36.8. The monoisotopic (exact) mass is 715 g/mol. The lowest BCUT2D eigenvalue weighted by Crippen LogP contribution is -2.61. The quantitative estimate of drug-likeness (QED) is 0.157. The minimum absolute atomic E-state index is 0.0717. The van der Waals surface area contributed by atoms with E-state index in [4.69, 9.17) is 9.47 Å². The normalized spacial score (nSPS) is 27.3. The second-order valence-electron chi connectivity index (χ2n) is 14.7. The molecule has 3 aliphatic rings. The van der Waals surface area contributed by atoms with Crippen LogP contribution in [0.15, 0.2) is 55.6 Å². The highest BCUT2D eigenvalue weighted by Gasteiger charge is 2.76. The highest BCUT2D eigenvalue weighted by atomic mass is 79.9. The van der Waals surface area contributed by atoms with Gasteiger partial charge >= 0.3 is 5.97 Å². The van der Waals surface area contributed by atoms with E-state index in [0.717, 1.165) is 5.56 Å². The molecule has 3 saturated heterocycles. The van der Waals surface area contributed by atoms with Gasteiger partial charge in [0.1, 0.15) is 18.2 Å². The van der Waals surface area contributed by atoms with Gasteiger partial charge in [0.2, 0.25) is 17.7 Å². The van der Waals surface area contributed by atoms with Crippen LogP contribution in [-0.2, 0) is 28.7 Å². The van der Waals surface area contributed by atoms with Crippen LogP contribution < -0.4 is 5.32 Å². The molecule has 3 aliphatic heterocycles. The number of alkyl halides is 1. The lowest BCUT2D eigenvalue weighted by molar-refractivity contribution is -0.153. The van der Waals surface area contributed by atoms with Gasteiger partial charge in [-0.2, -0.15) is 0 Å². The number of carbonyl (C=O) groups is 4. The number of hydrogen-bond acceptors (Lipinski definition) is 7. The number of esters is 1. The van der Waals surface area contributed by atoms with E-state index in [2.05, 4.69) is 55.2 Å². The molecule has 11 heteroatoms. The molecule has 3 amide bonds. The number of nitrogens with zero attached hydrogens (tertiary/aromatic N) is 2. The Morgan fingerprint density at radius 1 is 1.19 bits per heavy atom. The number of amides is 3. The van der Waals surface area contributed by atoms with Gasteiger partial charge in [0.15, 0.2) is 0 Å².